The fourth-order valence-electron chi connectivity index (χ4n) is 4.06. The summed E-state index contributed by atoms with van der Waals surface area (Å²) >= 11 is 7.36. The van der Waals surface area contributed by atoms with E-state index in [4.69, 9.17) is 17.0 Å². The summed E-state index contributed by atoms with van der Waals surface area (Å²) in [6.07, 6.45) is 0. The molecular weight excluding hydrogens is 392 g/mol. The van der Waals surface area contributed by atoms with Crippen LogP contribution in [0, 0.1) is 4.64 Å². The molecule has 0 saturated heterocycles. The standard InChI is InChI=1S/C21H16N2O3S2/c1-21(2)18-15(13-8-5-9-14-16(13)22(21)19(25)17(14)24)20(27)23(28-18)11-6-4-7-12(10-11)26-3/h4-10H,1-3H3. The van der Waals surface area contributed by atoms with Gasteiger partial charge in [-0.15, -0.1) is 0 Å². The summed E-state index contributed by atoms with van der Waals surface area (Å²) in [7, 11) is 1.63. The Bertz CT molecular complexity index is 1250. The number of hydrogen-bond donors (Lipinski definition) is 0. The zero-order valence-electron chi connectivity index (χ0n) is 15.5. The third-order valence-electron chi connectivity index (χ3n) is 5.38. The van der Waals surface area contributed by atoms with Crippen LogP contribution in [-0.4, -0.2) is 22.8 Å². The number of fused-ring (bicyclic) bond motifs is 2. The van der Waals surface area contributed by atoms with Crippen molar-refractivity contribution >= 4 is 41.1 Å². The molecule has 0 atom stereocenters. The van der Waals surface area contributed by atoms with Gasteiger partial charge in [-0.2, -0.15) is 0 Å². The molecule has 2 aliphatic rings. The summed E-state index contributed by atoms with van der Waals surface area (Å²) in [5, 5.41) is 0. The molecule has 0 saturated carbocycles. The highest BCUT2D eigenvalue weighted by atomic mass is 32.1. The van der Waals surface area contributed by atoms with Gasteiger partial charge in [0.25, 0.3) is 11.7 Å². The molecule has 0 spiro atoms. The van der Waals surface area contributed by atoms with Crippen LogP contribution >= 0.6 is 23.8 Å². The van der Waals surface area contributed by atoms with Crippen molar-refractivity contribution in [1.82, 2.24) is 3.96 Å². The first-order valence-electron chi connectivity index (χ1n) is 8.79. The Labute approximate surface area is 170 Å². The van der Waals surface area contributed by atoms with E-state index in [1.54, 1.807) is 18.1 Å². The summed E-state index contributed by atoms with van der Waals surface area (Å²) in [4.78, 5) is 27.9. The van der Waals surface area contributed by atoms with Gasteiger partial charge >= 0.3 is 0 Å². The largest absolute Gasteiger partial charge is 0.497 e. The number of anilines is 1. The van der Waals surface area contributed by atoms with Crippen molar-refractivity contribution in [3.8, 4) is 22.6 Å². The second-order valence-electron chi connectivity index (χ2n) is 7.33. The molecule has 140 valence electrons. The van der Waals surface area contributed by atoms with Crippen molar-refractivity contribution in [2.75, 3.05) is 12.0 Å². The Kier molecular flexibility index (Phi) is 3.48. The predicted octanol–water partition coefficient (Wildman–Crippen LogP) is 4.72. The maximum absolute atomic E-state index is 12.8. The molecule has 5 nitrogen and oxygen atoms in total. The van der Waals surface area contributed by atoms with Crippen molar-refractivity contribution in [3.63, 3.8) is 0 Å². The zero-order chi connectivity index (χ0) is 19.8. The summed E-state index contributed by atoms with van der Waals surface area (Å²) in [5.41, 5.74) is 3.12. The lowest BCUT2D eigenvalue weighted by Gasteiger charge is -2.39. The van der Waals surface area contributed by atoms with Gasteiger partial charge in [-0.1, -0.05) is 41.9 Å². The summed E-state index contributed by atoms with van der Waals surface area (Å²) in [6, 6.07) is 13.2. The molecule has 7 heteroatoms. The molecule has 0 N–H and O–H groups in total. The Hall–Kier alpha value is -2.77. The third kappa shape index (κ3) is 2.03. The quantitative estimate of drug-likeness (QED) is 0.455. The zero-order valence-corrected chi connectivity index (χ0v) is 17.1. The molecule has 0 radical (unpaired) electrons. The summed E-state index contributed by atoms with van der Waals surface area (Å²) < 4.78 is 8.00. The Morgan fingerprint density at radius 2 is 1.79 bits per heavy atom. The van der Waals surface area contributed by atoms with E-state index in [-0.39, 0.29) is 0 Å². The molecular formula is C21H16N2O3S2. The molecule has 0 fully saturated rings. The van der Waals surface area contributed by atoms with Gasteiger partial charge in [-0.05, 0) is 32.0 Å². The molecule has 0 unspecified atom stereocenters. The Morgan fingerprint density at radius 3 is 2.54 bits per heavy atom. The van der Waals surface area contributed by atoms with Gasteiger partial charge in [0.15, 0.2) is 0 Å². The van der Waals surface area contributed by atoms with E-state index in [1.165, 1.54) is 11.5 Å². The fourth-order valence-corrected chi connectivity index (χ4v) is 5.74. The highest BCUT2D eigenvalue weighted by molar-refractivity contribution is 7.71. The second kappa shape index (κ2) is 5.62. The smallest absolute Gasteiger partial charge is 0.300 e. The van der Waals surface area contributed by atoms with Gasteiger partial charge in [0, 0.05) is 17.2 Å². The van der Waals surface area contributed by atoms with E-state index in [0.29, 0.717) is 15.9 Å². The van der Waals surface area contributed by atoms with E-state index in [2.05, 4.69) is 0 Å². The number of ketones is 1. The first-order valence-corrected chi connectivity index (χ1v) is 9.98. The van der Waals surface area contributed by atoms with Crippen LogP contribution in [0.2, 0.25) is 0 Å². The van der Waals surface area contributed by atoms with Crippen molar-refractivity contribution in [2.45, 2.75) is 19.4 Å². The SMILES string of the molecule is COc1cccc(-n2sc3c(c2=S)-c2cccc4c2N(C(=O)C4=O)C3(C)C)c1. The molecule has 2 aliphatic heterocycles. The number of hydrogen-bond acceptors (Lipinski definition) is 5. The molecule has 0 aliphatic carbocycles. The lowest BCUT2D eigenvalue weighted by atomic mass is 9.88. The monoisotopic (exact) mass is 408 g/mol. The second-order valence-corrected chi connectivity index (χ2v) is 8.67. The van der Waals surface area contributed by atoms with Crippen LogP contribution in [0.5, 0.6) is 5.75 Å². The molecule has 28 heavy (non-hydrogen) atoms. The molecule has 1 amide bonds. The van der Waals surface area contributed by atoms with Gasteiger partial charge < -0.3 is 4.74 Å². The number of carbonyl (C=O) groups excluding carboxylic acids is 2. The number of carbonyl (C=O) groups is 2. The number of methoxy groups -OCH3 is 1. The van der Waals surface area contributed by atoms with Crippen LogP contribution in [0.3, 0.4) is 0 Å². The average Bonchev–Trinajstić information content (AvgIpc) is 3.17. The predicted molar refractivity (Wildman–Crippen MR) is 111 cm³/mol. The van der Waals surface area contributed by atoms with Crippen LogP contribution in [0.4, 0.5) is 5.69 Å². The van der Waals surface area contributed by atoms with E-state index < -0.39 is 17.2 Å². The first kappa shape index (κ1) is 17.3. The maximum atomic E-state index is 12.8. The van der Waals surface area contributed by atoms with E-state index in [0.717, 1.165) is 27.4 Å². The van der Waals surface area contributed by atoms with Crippen molar-refractivity contribution in [2.24, 2.45) is 0 Å². The molecule has 0 bridgehead atoms. The van der Waals surface area contributed by atoms with Crippen LogP contribution < -0.4 is 9.64 Å². The average molecular weight is 409 g/mol. The molecule has 3 aromatic rings. The number of para-hydroxylation sites is 1. The van der Waals surface area contributed by atoms with Crippen molar-refractivity contribution in [1.29, 1.82) is 0 Å². The molecule has 1 aromatic heterocycles. The molecule has 5 rings (SSSR count). The van der Waals surface area contributed by atoms with E-state index in [1.807, 2.05) is 54.2 Å². The van der Waals surface area contributed by atoms with E-state index >= 15 is 0 Å². The fraction of sp³-hybridized carbons (Fsp3) is 0.190. The number of amides is 1. The van der Waals surface area contributed by atoms with Crippen molar-refractivity contribution in [3.05, 3.63) is 57.5 Å². The number of ether oxygens (including phenoxy) is 1. The Balaban J connectivity index is 1.84. The van der Waals surface area contributed by atoms with Crippen LogP contribution in [-0.2, 0) is 10.3 Å². The van der Waals surface area contributed by atoms with Crippen molar-refractivity contribution < 1.29 is 14.3 Å². The first-order chi connectivity index (χ1) is 13.4. The Morgan fingerprint density at radius 1 is 1.07 bits per heavy atom. The van der Waals surface area contributed by atoms with Crippen LogP contribution in [0.15, 0.2) is 42.5 Å². The number of nitrogens with zero attached hydrogens (tertiary/aromatic N) is 2. The highest BCUT2D eigenvalue weighted by Gasteiger charge is 2.51. The third-order valence-corrected chi connectivity index (χ3v) is 7.35. The van der Waals surface area contributed by atoms with Gasteiger partial charge in [0.2, 0.25) is 0 Å². The van der Waals surface area contributed by atoms with Gasteiger partial charge in [0.1, 0.15) is 10.4 Å². The summed E-state index contributed by atoms with van der Waals surface area (Å²) in [5.74, 6) is -0.187. The molecule has 3 heterocycles. The highest BCUT2D eigenvalue weighted by Crippen LogP contribution is 2.54. The minimum Gasteiger partial charge on any atom is -0.497 e. The number of benzene rings is 2. The summed E-state index contributed by atoms with van der Waals surface area (Å²) in [6.45, 7) is 3.92. The minimum atomic E-state index is -0.677. The normalized spacial score (nSPS) is 16.2. The van der Waals surface area contributed by atoms with Gasteiger partial charge in [0.05, 0.1) is 34.5 Å². The topological polar surface area (TPSA) is 51.5 Å². The lowest BCUT2D eigenvalue weighted by molar-refractivity contribution is -0.115. The van der Waals surface area contributed by atoms with Gasteiger partial charge in [-0.25, -0.2) is 0 Å². The minimum absolute atomic E-state index is 0.452. The molecule has 2 aromatic carbocycles. The van der Waals surface area contributed by atoms with Gasteiger partial charge in [-0.3, -0.25) is 18.4 Å². The van der Waals surface area contributed by atoms with Crippen LogP contribution in [0.1, 0.15) is 29.1 Å². The number of rotatable bonds is 2. The van der Waals surface area contributed by atoms with Crippen LogP contribution in [0.25, 0.3) is 16.8 Å². The maximum Gasteiger partial charge on any atom is 0.300 e. The lowest BCUT2D eigenvalue weighted by Crippen LogP contribution is -2.46. The number of aromatic nitrogens is 1. The number of Topliss-reactive ketones (excluding diaryl/α,β-unsaturated/α-hetero) is 1. The van der Waals surface area contributed by atoms with E-state index in [9.17, 15) is 9.59 Å².